The second kappa shape index (κ2) is 10.1. The van der Waals surface area contributed by atoms with Crippen LogP contribution in [-0.2, 0) is 13.0 Å². The van der Waals surface area contributed by atoms with Gasteiger partial charge in [-0.05, 0) is 38.5 Å². The van der Waals surface area contributed by atoms with E-state index in [0.717, 1.165) is 30.4 Å². The van der Waals surface area contributed by atoms with Crippen LogP contribution in [0.25, 0.3) is 10.8 Å². The Kier molecular flexibility index (Phi) is 7.48. The predicted molar refractivity (Wildman–Crippen MR) is 124 cm³/mol. The molecule has 166 valence electrons. The van der Waals surface area contributed by atoms with Crippen molar-refractivity contribution in [3.63, 3.8) is 0 Å². The number of nitrogens with one attached hydrogen (secondary N) is 1. The van der Waals surface area contributed by atoms with E-state index < -0.39 is 0 Å². The highest BCUT2D eigenvalue weighted by Gasteiger charge is 2.18. The number of fused-ring (bicyclic) bond motifs is 1. The first-order valence-electron chi connectivity index (χ1n) is 10.6. The summed E-state index contributed by atoms with van der Waals surface area (Å²) in [5.41, 5.74) is 0.0905. The topological polar surface area (TPSA) is 94.7 Å². The van der Waals surface area contributed by atoms with Crippen LogP contribution in [-0.4, -0.2) is 43.3 Å². The first-order chi connectivity index (χ1) is 14.8. The maximum atomic E-state index is 12.9. The van der Waals surface area contributed by atoms with Crippen molar-refractivity contribution in [1.29, 1.82) is 0 Å². The smallest absolute Gasteiger partial charge is 0.274 e. The van der Waals surface area contributed by atoms with Gasteiger partial charge in [0.1, 0.15) is 5.82 Å². The van der Waals surface area contributed by atoms with Gasteiger partial charge >= 0.3 is 0 Å². The number of aryl methyl sites for hydroxylation is 1. The molecular formula is C22H30N6O2S. The zero-order valence-electron chi connectivity index (χ0n) is 18.8. The van der Waals surface area contributed by atoms with Crippen molar-refractivity contribution >= 4 is 28.4 Å². The van der Waals surface area contributed by atoms with Crippen LogP contribution in [0.2, 0.25) is 0 Å². The molecule has 0 spiro atoms. The van der Waals surface area contributed by atoms with Crippen molar-refractivity contribution in [1.82, 2.24) is 29.9 Å². The monoisotopic (exact) mass is 442 g/mol. The van der Waals surface area contributed by atoms with E-state index in [9.17, 15) is 9.59 Å². The van der Waals surface area contributed by atoms with Gasteiger partial charge in [0.25, 0.3) is 11.5 Å². The van der Waals surface area contributed by atoms with Gasteiger partial charge in [0.05, 0.1) is 11.4 Å². The van der Waals surface area contributed by atoms with Crippen LogP contribution in [0.3, 0.4) is 0 Å². The Bertz CT molecular complexity index is 1120. The van der Waals surface area contributed by atoms with Crippen LogP contribution >= 0.6 is 11.8 Å². The number of carbonyl (C=O) groups is 1. The van der Waals surface area contributed by atoms with Gasteiger partial charge in [-0.15, -0.1) is 10.2 Å². The first kappa shape index (κ1) is 23.0. The van der Waals surface area contributed by atoms with E-state index in [0.29, 0.717) is 23.2 Å². The summed E-state index contributed by atoms with van der Waals surface area (Å²) in [6.07, 6.45) is 3.46. The number of nitrogens with zero attached hydrogens (tertiary/aromatic N) is 5. The number of carbonyl (C=O) groups excluding carboxylic acids is 1. The summed E-state index contributed by atoms with van der Waals surface area (Å²) in [7, 11) is 0. The highest BCUT2D eigenvalue weighted by atomic mass is 32.2. The number of rotatable bonds is 9. The molecule has 3 rings (SSSR count). The molecule has 0 atom stereocenters. The molecule has 0 aliphatic rings. The Morgan fingerprint density at radius 2 is 1.84 bits per heavy atom. The van der Waals surface area contributed by atoms with Crippen molar-refractivity contribution < 1.29 is 4.79 Å². The Balaban J connectivity index is 1.71. The van der Waals surface area contributed by atoms with E-state index in [1.165, 1.54) is 4.68 Å². The summed E-state index contributed by atoms with van der Waals surface area (Å²) in [5, 5.41) is 17.9. The molecule has 0 aliphatic heterocycles. The summed E-state index contributed by atoms with van der Waals surface area (Å²) in [4.78, 5) is 25.5. The van der Waals surface area contributed by atoms with E-state index in [-0.39, 0.29) is 23.2 Å². The highest BCUT2D eigenvalue weighted by molar-refractivity contribution is 7.98. The normalized spacial score (nSPS) is 11.6. The lowest BCUT2D eigenvalue weighted by atomic mass is 10.1. The Morgan fingerprint density at radius 1 is 1.13 bits per heavy atom. The summed E-state index contributed by atoms with van der Waals surface area (Å²) in [6.45, 7) is 9.45. The number of aromatic nitrogens is 5. The van der Waals surface area contributed by atoms with Crippen LogP contribution in [0.1, 0.15) is 56.5 Å². The van der Waals surface area contributed by atoms with Crippen molar-refractivity contribution in [2.24, 2.45) is 5.92 Å². The maximum absolute atomic E-state index is 12.9. The molecule has 0 aliphatic carbocycles. The Hall–Kier alpha value is -2.68. The van der Waals surface area contributed by atoms with Gasteiger partial charge in [-0.2, -0.15) is 5.10 Å². The van der Waals surface area contributed by atoms with Crippen LogP contribution in [0.15, 0.2) is 34.2 Å². The maximum Gasteiger partial charge on any atom is 0.274 e. The number of thioether (sulfide) groups is 1. The third kappa shape index (κ3) is 5.15. The lowest BCUT2D eigenvalue weighted by Gasteiger charge is -2.14. The average Bonchev–Trinajstić information content (AvgIpc) is 3.12. The molecule has 0 radical (unpaired) electrons. The molecule has 1 amide bonds. The van der Waals surface area contributed by atoms with Crippen molar-refractivity contribution in [2.75, 3.05) is 12.8 Å². The van der Waals surface area contributed by atoms with Gasteiger partial charge in [-0.1, -0.05) is 43.8 Å². The second-order valence-corrected chi connectivity index (χ2v) is 8.98. The minimum absolute atomic E-state index is 0.137. The van der Waals surface area contributed by atoms with Crippen LogP contribution in [0, 0.1) is 5.92 Å². The van der Waals surface area contributed by atoms with Gasteiger partial charge in [-0.25, -0.2) is 4.68 Å². The molecule has 0 saturated heterocycles. The molecular weight excluding hydrogens is 412 g/mol. The molecule has 3 aromatic rings. The molecule has 9 heteroatoms. The Labute approximate surface area is 186 Å². The summed E-state index contributed by atoms with van der Waals surface area (Å²) in [6, 6.07) is 6.97. The van der Waals surface area contributed by atoms with Gasteiger partial charge in [0.15, 0.2) is 10.9 Å². The summed E-state index contributed by atoms with van der Waals surface area (Å²) < 4.78 is 3.53. The van der Waals surface area contributed by atoms with E-state index >= 15 is 0 Å². The van der Waals surface area contributed by atoms with Crippen molar-refractivity contribution in [3.05, 3.63) is 46.1 Å². The van der Waals surface area contributed by atoms with Gasteiger partial charge in [0.2, 0.25) is 0 Å². The fourth-order valence-corrected chi connectivity index (χ4v) is 3.98. The minimum atomic E-state index is -0.279. The third-order valence-corrected chi connectivity index (χ3v) is 5.59. The lowest BCUT2D eigenvalue weighted by Crippen LogP contribution is -2.32. The van der Waals surface area contributed by atoms with Gasteiger partial charge in [-0.3, -0.25) is 9.59 Å². The van der Waals surface area contributed by atoms with E-state index in [4.69, 9.17) is 0 Å². The zero-order valence-corrected chi connectivity index (χ0v) is 19.6. The summed E-state index contributed by atoms with van der Waals surface area (Å²) in [5.74, 6) is 1.15. The molecule has 2 heterocycles. The van der Waals surface area contributed by atoms with E-state index in [1.807, 2.05) is 26.2 Å². The van der Waals surface area contributed by atoms with Crippen LogP contribution < -0.4 is 10.9 Å². The van der Waals surface area contributed by atoms with Gasteiger partial charge < -0.3 is 9.88 Å². The zero-order chi connectivity index (χ0) is 22.5. The number of hydrogen-bond donors (Lipinski definition) is 1. The van der Waals surface area contributed by atoms with E-state index in [2.05, 4.69) is 39.0 Å². The molecule has 0 unspecified atom stereocenters. The predicted octanol–water partition coefficient (Wildman–Crippen LogP) is 3.31. The third-order valence-electron chi connectivity index (χ3n) is 4.92. The van der Waals surface area contributed by atoms with Crippen LogP contribution in [0.4, 0.5) is 0 Å². The number of amides is 1. The first-order valence-corrected chi connectivity index (χ1v) is 11.8. The van der Waals surface area contributed by atoms with Crippen molar-refractivity contribution in [2.45, 2.75) is 58.3 Å². The Morgan fingerprint density at radius 3 is 2.48 bits per heavy atom. The molecule has 0 bridgehead atoms. The molecule has 1 N–H and O–H groups in total. The quantitative estimate of drug-likeness (QED) is 0.404. The second-order valence-electron chi connectivity index (χ2n) is 8.20. The average molecular weight is 443 g/mol. The fraction of sp³-hybridized carbons (Fsp3) is 0.500. The van der Waals surface area contributed by atoms with E-state index in [1.54, 1.807) is 30.0 Å². The standard InChI is InChI=1S/C22H30N6O2S/c1-14(2)13-27-18(24-25-22(27)31-5)11-8-12-23-20(29)19-16-9-6-7-10-17(16)21(30)28(26-19)15(3)4/h6-7,9-10,14-15H,8,11-13H2,1-5H3,(H,23,29). The highest BCUT2D eigenvalue weighted by Crippen LogP contribution is 2.17. The van der Waals surface area contributed by atoms with Crippen molar-refractivity contribution in [3.8, 4) is 0 Å². The van der Waals surface area contributed by atoms with Gasteiger partial charge in [0, 0.05) is 24.9 Å². The van der Waals surface area contributed by atoms with Crippen LogP contribution in [0.5, 0.6) is 0 Å². The summed E-state index contributed by atoms with van der Waals surface area (Å²) >= 11 is 1.59. The molecule has 8 nitrogen and oxygen atoms in total. The molecule has 31 heavy (non-hydrogen) atoms. The number of benzene rings is 1. The molecule has 2 aromatic heterocycles. The fourth-order valence-electron chi connectivity index (χ4n) is 3.46. The molecule has 0 fully saturated rings. The molecule has 0 saturated carbocycles. The largest absolute Gasteiger partial charge is 0.351 e. The number of hydrogen-bond acceptors (Lipinski definition) is 6. The lowest BCUT2D eigenvalue weighted by molar-refractivity contribution is 0.0947. The molecule has 1 aromatic carbocycles. The SMILES string of the molecule is CSc1nnc(CCCNC(=O)c2nn(C(C)C)c(=O)c3ccccc23)n1CC(C)C. The minimum Gasteiger partial charge on any atom is -0.351 e.